The third-order valence-electron chi connectivity index (χ3n) is 5.31. The molecule has 1 saturated heterocycles. The summed E-state index contributed by atoms with van der Waals surface area (Å²) in [4.78, 5) is 26.2. The smallest absolute Gasteiger partial charge is 0.255 e. The second-order valence-corrected chi connectivity index (χ2v) is 7.29. The van der Waals surface area contributed by atoms with E-state index in [1.807, 2.05) is 36.1 Å². The van der Waals surface area contributed by atoms with E-state index in [2.05, 4.69) is 5.32 Å². The zero-order valence-electron chi connectivity index (χ0n) is 17.2. The first-order valence-corrected chi connectivity index (χ1v) is 9.91. The number of hydrogen-bond donors (Lipinski definition) is 1. The largest absolute Gasteiger partial charge is 0.497 e. The van der Waals surface area contributed by atoms with Crippen molar-refractivity contribution in [1.82, 2.24) is 10.2 Å². The highest BCUT2D eigenvalue weighted by atomic mass is 16.5. The third-order valence-corrected chi connectivity index (χ3v) is 5.31. The van der Waals surface area contributed by atoms with Crippen LogP contribution in [-0.2, 0) is 11.3 Å². The van der Waals surface area contributed by atoms with E-state index in [0.29, 0.717) is 36.7 Å². The molecule has 3 rings (SSSR count). The summed E-state index contributed by atoms with van der Waals surface area (Å²) in [5, 5.41) is 2.98. The molecule has 0 unspecified atom stereocenters. The fourth-order valence-electron chi connectivity index (χ4n) is 3.46. The van der Waals surface area contributed by atoms with Crippen LogP contribution in [0.15, 0.2) is 42.5 Å². The van der Waals surface area contributed by atoms with Crippen LogP contribution in [-0.4, -0.2) is 43.0 Å². The molecule has 1 fully saturated rings. The number of rotatable bonds is 6. The van der Waals surface area contributed by atoms with Gasteiger partial charge < -0.3 is 19.7 Å². The van der Waals surface area contributed by atoms with Crippen LogP contribution < -0.4 is 14.8 Å². The number of hydrogen-bond acceptors (Lipinski definition) is 4. The molecule has 0 aromatic heterocycles. The number of carbonyl (C=O) groups excluding carboxylic acids is 2. The van der Waals surface area contributed by atoms with Crippen molar-refractivity contribution in [3.05, 3.63) is 59.2 Å². The molecule has 1 heterocycles. The van der Waals surface area contributed by atoms with Crippen molar-refractivity contribution < 1.29 is 19.1 Å². The van der Waals surface area contributed by atoms with Gasteiger partial charge in [0.1, 0.15) is 17.6 Å². The first kappa shape index (κ1) is 20.7. The van der Waals surface area contributed by atoms with E-state index < -0.39 is 0 Å². The summed E-state index contributed by atoms with van der Waals surface area (Å²) in [7, 11) is 1.57. The Morgan fingerprint density at radius 1 is 1.14 bits per heavy atom. The highest BCUT2D eigenvalue weighted by molar-refractivity contribution is 5.97. The lowest BCUT2D eigenvalue weighted by molar-refractivity contribution is -0.130. The van der Waals surface area contributed by atoms with E-state index in [4.69, 9.17) is 9.47 Å². The fraction of sp³-hybridized carbons (Fsp3) is 0.391. The van der Waals surface area contributed by atoms with Crippen LogP contribution in [0.5, 0.6) is 11.5 Å². The summed E-state index contributed by atoms with van der Waals surface area (Å²) in [5.41, 5.74) is 2.65. The molecule has 0 radical (unpaired) electrons. The maximum absolute atomic E-state index is 12.9. The molecule has 154 valence electrons. The highest BCUT2D eigenvalue weighted by Gasteiger charge is 2.24. The van der Waals surface area contributed by atoms with Crippen LogP contribution in [0.3, 0.4) is 0 Å². The van der Waals surface area contributed by atoms with E-state index in [0.717, 1.165) is 24.0 Å². The molecule has 6 nitrogen and oxygen atoms in total. The van der Waals surface area contributed by atoms with Crippen molar-refractivity contribution in [2.75, 3.05) is 20.2 Å². The average Bonchev–Trinajstić information content (AvgIpc) is 2.73. The zero-order valence-corrected chi connectivity index (χ0v) is 17.2. The van der Waals surface area contributed by atoms with Crippen LogP contribution in [0.4, 0.5) is 0 Å². The highest BCUT2D eigenvalue weighted by Crippen LogP contribution is 2.27. The Hall–Kier alpha value is -3.02. The van der Waals surface area contributed by atoms with Gasteiger partial charge in [0, 0.05) is 39.4 Å². The van der Waals surface area contributed by atoms with Gasteiger partial charge in [-0.3, -0.25) is 9.59 Å². The summed E-state index contributed by atoms with van der Waals surface area (Å²) in [6, 6.07) is 13.2. The average molecular weight is 396 g/mol. The van der Waals surface area contributed by atoms with E-state index in [9.17, 15) is 9.59 Å². The van der Waals surface area contributed by atoms with E-state index in [1.165, 1.54) is 0 Å². The quantitative estimate of drug-likeness (QED) is 0.813. The number of likely N-dealkylation sites (tertiary alicyclic amines) is 1. The number of nitrogens with zero attached hydrogens (tertiary/aromatic N) is 1. The molecule has 0 saturated carbocycles. The second kappa shape index (κ2) is 9.45. The SMILES string of the molecule is COc1ccc(OC2CCN(C(C)=O)CC2)c(C(=O)NCc2ccccc2C)c1. The summed E-state index contributed by atoms with van der Waals surface area (Å²) in [6.07, 6.45) is 1.47. The van der Waals surface area contributed by atoms with Crippen LogP contribution in [0, 0.1) is 6.92 Å². The summed E-state index contributed by atoms with van der Waals surface area (Å²) >= 11 is 0. The first-order chi connectivity index (χ1) is 14.0. The summed E-state index contributed by atoms with van der Waals surface area (Å²) < 4.78 is 11.4. The molecule has 0 spiro atoms. The Morgan fingerprint density at radius 2 is 1.86 bits per heavy atom. The van der Waals surface area contributed by atoms with Crippen LogP contribution in [0.25, 0.3) is 0 Å². The lowest BCUT2D eigenvalue weighted by Crippen LogP contribution is -2.40. The molecule has 0 aliphatic carbocycles. The van der Waals surface area contributed by atoms with Gasteiger partial charge in [0.25, 0.3) is 5.91 Å². The summed E-state index contributed by atoms with van der Waals surface area (Å²) in [5.74, 6) is 1.02. The molecule has 0 atom stereocenters. The van der Waals surface area contributed by atoms with Crippen molar-refractivity contribution in [2.45, 2.75) is 39.3 Å². The predicted octanol–water partition coefficient (Wildman–Crippen LogP) is 3.32. The Morgan fingerprint density at radius 3 is 2.52 bits per heavy atom. The third kappa shape index (κ3) is 5.28. The van der Waals surface area contributed by atoms with Crippen molar-refractivity contribution >= 4 is 11.8 Å². The Labute approximate surface area is 171 Å². The molecule has 1 N–H and O–H groups in total. The Bertz CT molecular complexity index is 873. The minimum atomic E-state index is -0.205. The van der Waals surface area contributed by atoms with Crippen molar-refractivity contribution in [1.29, 1.82) is 0 Å². The maximum atomic E-state index is 12.9. The standard InChI is InChI=1S/C23H28N2O4/c1-16-6-4-5-7-18(16)15-24-23(27)21-14-20(28-3)8-9-22(21)29-19-10-12-25(13-11-19)17(2)26/h4-9,14,19H,10-13,15H2,1-3H3,(H,24,27). The Kier molecular flexibility index (Phi) is 6.75. The van der Waals surface area contributed by atoms with Crippen LogP contribution in [0.2, 0.25) is 0 Å². The Balaban J connectivity index is 1.71. The zero-order chi connectivity index (χ0) is 20.8. The topological polar surface area (TPSA) is 67.9 Å². The van der Waals surface area contributed by atoms with Gasteiger partial charge in [-0.15, -0.1) is 0 Å². The van der Waals surface area contributed by atoms with Gasteiger partial charge in [-0.1, -0.05) is 24.3 Å². The van der Waals surface area contributed by atoms with Gasteiger partial charge in [0.2, 0.25) is 5.91 Å². The molecule has 2 aromatic carbocycles. The first-order valence-electron chi connectivity index (χ1n) is 9.91. The number of ether oxygens (including phenoxy) is 2. The monoisotopic (exact) mass is 396 g/mol. The number of nitrogens with one attached hydrogen (secondary N) is 1. The molecule has 2 aromatic rings. The fourth-order valence-corrected chi connectivity index (χ4v) is 3.46. The molecule has 6 heteroatoms. The van der Waals surface area contributed by atoms with Gasteiger partial charge in [-0.05, 0) is 36.2 Å². The molecular formula is C23H28N2O4. The second-order valence-electron chi connectivity index (χ2n) is 7.29. The predicted molar refractivity (Wildman–Crippen MR) is 111 cm³/mol. The number of amides is 2. The number of methoxy groups -OCH3 is 1. The summed E-state index contributed by atoms with van der Waals surface area (Å²) in [6.45, 7) is 5.39. The number of piperidine rings is 1. The van der Waals surface area contributed by atoms with Crippen molar-refractivity contribution in [3.8, 4) is 11.5 Å². The van der Waals surface area contributed by atoms with Gasteiger partial charge in [0.15, 0.2) is 0 Å². The number of carbonyl (C=O) groups is 2. The van der Waals surface area contributed by atoms with E-state index in [1.54, 1.807) is 32.2 Å². The lowest BCUT2D eigenvalue weighted by atomic mass is 10.1. The molecule has 29 heavy (non-hydrogen) atoms. The number of aryl methyl sites for hydroxylation is 1. The minimum Gasteiger partial charge on any atom is -0.497 e. The minimum absolute atomic E-state index is 0.0260. The van der Waals surface area contributed by atoms with Gasteiger partial charge in [-0.25, -0.2) is 0 Å². The molecule has 2 amide bonds. The van der Waals surface area contributed by atoms with Gasteiger partial charge >= 0.3 is 0 Å². The molecule has 1 aliphatic rings. The normalized spacial score (nSPS) is 14.4. The lowest BCUT2D eigenvalue weighted by Gasteiger charge is -2.31. The van der Waals surface area contributed by atoms with E-state index in [-0.39, 0.29) is 17.9 Å². The van der Waals surface area contributed by atoms with Crippen LogP contribution in [0.1, 0.15) is 41.3 Å². The maximum Gasteiger partial charge on any atom is 0.255 e. The molecule has 0 bridgehead atoms. The van der Waals surface area contributed by atoms with Gasteiger partial charge in [0.05, 0.1) is 12.7 Å². The van der Waals surface area contributed by atoms with Crippen molar-refractivity contribution in [2.24, 2.45) is 0 Å². The molecular weight excluding hydrogens is 368 g/mol. The van der Waals surface area contributed by atoms with Gasteiger partial charge in [-0.2, -0.15) is 0 Å². The molecule has 1 aliphatic heterocycles. The van der Waals surface area contributed by atoms with Crippen LogP contribution >= 0.6 is 0 Å². The van der Waals surface area contributed by atoms with Crippen molar-refractivity contribution in [3.63, 3.8) is 0 Å². The number of benzene rings is 2. The van der Waals surface area contributed by atoms with E-state index >= 15 is 0 Å².